The summed E-state index contributed by atoms with van der Waals surface area (Å²) < 4.78 is 32.1. The molecule has 20 heavy (non-hydrogen) atoms. The molecule has 0 fully saturated rings. The predicted molar refractivity (Wildman–Crippen MR) is 79.1 cm³/mol. The number of rotatable bonds is 7. The van der Waals surface area contributed by atoms with Crippen molar-refractivity contribution in [3.05, 3.63) is 41.2 Å². The zero-order valence-electron chi connectivity index (χ0n) is 11.3. The third-order valence-corrected chi connectivity index (χ3v) is 6.42. The fourth-order valence-corrected chi connectivity index (χ4v) is 4.78. The Labute approximate surface area is 123 Å². The molecule has 0 saturated carbocycles. The number of thiophene rings is 1. The minimum atomic E-state index is -3.47. The molecule has 2 aromatic rings. The molecule has 0 amide bonds. The quantitative estimate of drug-likeness (QED) is 0.848. The van der Waals surface area contributed by atoms with Gasteiger partial charge >= 0.3 is 0 Å². The van der Waals surface area contributed by atoms with Gasteiger partial charge in [0, 0.05) is 11.4 Å². The van der Waals surface area contributed by atoms with Gasteiger partial charge in [-0.3, -0.25) is 0 Å². The predicted octanol–water partition coefficient (Wildman–Crippen LogP) is 2.05. The Hall–Kier alpha value is -1.15. The van der Waals surface area contributed by atoms with Crippen LogP contribution in [0.5, 0.6) is 0 Å². The molecule has 0 bridgehead atoms. The molecular formula is C13H18N2O3S2. The number of hydrogen-bond acceptors (Lipinski definition) is 5. The van der Waals surface area contributed by atoms with Gasteiger partial charge in [-0.15, -0.1) is 11.3 Å². The molecule has 2 aromatic heterocycles. The third kappa shape index (κ3) is 3.29. The first kappa shape index (κ1) is 15.2. The summed E-state index contributed by atoms with van der Waals surface area (Å²) in [6.45, 7) is 2.97. The summed E-state index contributed by atoms with van der Waals surface area (Å²) in [4.78, 5) is 0.986. The lowest BCUT2D eigenvalue weighted by Gasteiger charge is -2.18. The molecule has 0 aliphatic rings. The molecule has 0 aromatic carbocycles. The molecule has 0 unspecified atom stereocenters. The summed E-state index contributed by atoms with van der Waals surface area (Å²) in [6, 6.07) is 6.99. The number of nitrogens with two attached hydrogens (primary N) is 1. The summed E-state index contributed by atoms with van der Waals surface area (Å²) in [6.07, 6.45) is 2.24. The Morgan fingerprint density at radius 1 is 1.35 bits per heavy atom. The van der Waals surface area contributed by atoms with Gasteiger partial charge in [0.1, 0.15) is 9.97 Å². The minimum absolute atomic E-state index is 0.246. The van der Waals surface area contributed by atoms with Crippen LogP contribution < -0.4 is 5.73 Å². The molecule has 0 spiro atoms. The van der Waals surface area contributed by atoms with Crippen molar-refractivity contribution in [3.63, 3.8) is 0 Å². The van der Waals surface area contributed by atoms with E-state index in [1.54, 1.807) is 24.5 Å². The van der Waals surface area contributed by atoms with Crippen LogP contribution in [0.1, 0.15) is 17.6 Å². The van der Waals surface area contributed by atoms with Crippen molar-refractivity contribution in [2.75, 3.05) is 13.1 Å². The molecule has 110 valence electrons. The van der Waals surface area contributed by atoms with Crippen LogP contribution >= 0.6 is 11.3 Å². The first-order valence-corrected chi connectivity index (χ1v) is 8.65. The second-order valence-electron chi connectivity index (χ2n) is 4.27. The number of hydrogen-bond donors (Lipinski definition) is 1. The van der Waals surface area contributed by atoms with Crippen molar-refractivity contribution in [1.82, 2.24) is 4.31 Å². The highest BCUT2D eigenvalue weighted by Crippen LogP contribution is 2.26. The summed E-state index contributed by atoms with van der Waals surface area (Å²) in [5, 5.41) is 0. The van der Waals surface area contributed by atoms with E-state index < -0.39 is 10.0 Å². The van der Waals surface area contributed by atoms with E-state index in [1.807, 2.05) is 13.0 Å². The molecular weight excluding hydrogens is 296 g/mol. The van der Waals surface area contributed by atoms with Crippen LogP contribution in [-0.4, -0.2) is 25.8 Å². The van der Waals surface area contributed by atoms with Crippen molar-refractivity contribution >= 4 is 21.4 Å². The van der Waals surface area contributed by atoms with Gasteiger partial charge in [-0.1, -0.05) is 6.92 Å². The Morgan fingerprint density at radius 3 is 2.75 bits per heavy atom. The van der Waals surface area contributed by atoms with Crippen LogP contribution in [0, 0.1) is 0 Å². The van der Waals surface area contributed by atoms with Gasteiger partial charge in [-0.25, -0.2) is 8.42 Å². The van der Waals surface area contributed by atoms with E-state index in [0.29, 0.717) is 29.5 Å². The Bertz CT molecular complexity index is 632. The summed E-state index contributed by atoms with van der Waals surface area (Å²) in [5.41, 5.74) is 5.49. The third-order valence-electron chi connectivity index (χ3n) is 2.89. The second-order valence-corrected chi connectivity index (χ2v) is 7.60. The van der Waals surface area contributed by atoms with Gasteiger partial charge < -0.3 is 10.2 Å². The fourth-order valence-electron chi connectivity index (χ4n) is 1.84. The number of furan rings is 1. The van der Waals surface area contributed by atoms with Crippen LogP contribution in [0.15, 0.2) is 39.2 Å². The zero-order valence-corrected chi connectivity index (χ0v) is 12.9. The fraction of sp³-hybridized carbons (Fsp3) is 0.385. The molecule has 0 aliphatic carbocycles. The lowest BCUT2D eigenvalue weighted by atomic mass is 10.3. The van der Waals surface area contributed by atoms with Crippen LogP contribution in [-0.2, 0) is 23.0 Å². The average molecular weight is 314 g/mol. The lowest BCUT2D eigenvalue weighted by molar-refractivity contribution is 0.376. The Kier molecular flexibility index (Phi) is 4.98. The maximum atomic E-state index is 12.6. The highest BCUT2D eigenvalue weighted by Gasteiger charge is 2.25. The summed E-state index contributed by atoms with van der Waals surface area (Å²) in [7, 11) is -3.47. The molecule has 0 atom stereocenters. The molecule has 2 rings (SSSR count). The highest BCUT2D eigenvalue weighted by molar-refractivity contribution is 7.91. The second kappa shape index (κ2) is 6.53. The van der Waals surface area contributed by atoms with Crippen molar-refractivity contribution in [1.29, 1.82) is 0 Å². The maximum Gasteiger partial charge on any atom is 0.252 e. The Morgan fingerprint density at radius 2 is 2.15 bits per heavy atom. The molecule has 0 aliphatic heterocycles. The molecule has 2 N–H and O–H groups in total. The molecule has 7 heteroatoms. The first-order chi connectivity index (χ1) is 9.57. The van der Waals surface area contributed by atoms with E-state index in [1.165, 1.54) is 15.6 Å². The van der Waals surface area contributed by atoms with E-state index in [-0.39, 0.29) is 6.54 Å². The summed E-state index contributed by atoms with van der Waals surface area (Å²) >= 11 is 1.28. The summed E-state index contributed by atoms with van der Waals surface area (Å²) in [5.74, 6) is 0.633. The van der Waals surface area contributed by atoms with E-state index in [4.69, 9.17) is 10.2 Å². The van der Waals surface area contributed by atoms with Gasteiger partial charge in [-0.2, -0.15) is 4.31 Å². The monoisotopic (exact) mass is 314 g/mol. The minimum Gasteiger partial charge on any atom is -0.468 e. The molecule has 0 saturated heterocycles. The van der Waals surface area contributed by atoms with Gasteiger partial charge in [-0.05, 0) is 37.2 Å². The van der Waals surface area contributed by atoms with Crippen molar-refractivity contribution in [2.24, 2.45) is 5.73 Å². The van der Waals surface area contributed by atoms with Gasteiger partial charge in [0.15, 0.2) is 0 Å². The smallest absolute Gasteiger partial charge is 0.252 e. The molecule has 2 heterocycles. The van der Waals surface area contributed by atoms with Crippen molar-refractivity contribution in [3.8, 4) is 0 Å². The van der Waals surface area contributed by atoms with Gasteiger partial charge in [0.25, 0.3) is 10.0 Å². The normalized spacial score (nSPS) is 12.2. The van der Waals surface area contributed by atoms with Gasteiger partial charge in [0.2, 0.25) is 0 Å². The molecule has 5 nitrogen and oxygen atoms in total. The van der Waals surface area contributed by atoms with E-state index in [2.05, 4.69) is 0 Å². The van der Waals surface area contributed by atoms with Crippen molar-refractivity contribution < 1.29 is 12.8 Å². The number of sulfonamides is 1. The van der Waals surface area contributed by atoms with E-state index in [0.717, 1.165) is 4.88 Å². The van der Waals surface area contributed by atoms with E-state index >= 15 is 0 Å². The van der Waals surface area contributed by atoms with Crippen molar-refractivity contribution in [2.45, 2.75) is 24.1 Å². The maximum absolute atomic E-state index is 12.6. The average Bonchev–Trinajstić information content (AvgIpc) is 3.07. The van der Waals surface area contributed by atoms with Gasteiger partial charge in [0.05, 0.1) is 12.8 Å². The van der Waals surface area contributed by atoms with Crippen LogP contribution in [0.3, 0.4) is 0 Å². The van der Waals surface area contributed by atoms with E-state index in [9.17, 15) is 8.42 Å². The zero-order chi connectivity index (χ0) is 14.6. The van der Waals surface area contributed by atoms with Crippen LogP contribution in [0.2, 0.25) is 0 Å². The highest BCUT2D eigenvalue weighted by atomic mass is 32.2. The largest absolute Gasteiger partial charge is 0.468 e. The first-order valence-electron chi connectivity index (χ1n) is 6.39. The number of nitrogens with zero attached hydrogens (tertiary/aromatic N) is 1. The lowest BCUT2D eigenvalue weighted by Crippen LogP contribution is -2.29. The Balaban J connectivity index is 2.21. The molecule has 0 radical (unpaired) electrons. The standard InChI is InChI=1S/C13H18N2O3S2/c1-2-15(10-11-4-3-9-18-11)20(16,17)13-6-5-12(19-13)7-8-14/h3-6,9H,2,7-8,10,14H2,1H3. The van der Waals surface area contributed by atoms with Crippen LogP contribution in [0.25, 0.3) is 0 Å². The topological polar surface area (TPSA) is 76.5 Å². The SMILES string of the molecule is CCN(Cc1ccco1)S(=O)(=O)c1ccc(CCN)s1. The van der Waals surface area contributed by atoms with Crippen LogP contribution in [0.4, 0.5) is 0 Å².